The first-order chi connectivity index (χ1) is 9.08. The van der Waals surface area contributed by atoms with Gasteiger partial charge in [0.05, 0.1) is 0 Å². The van der Waals surface area contributed by atoms with Crippen molar-refractivity contribution in [2.45, 2.75) is 0 Å². The molecule has 0 unspecified atom stereocenters. The van der Waals surface area contributed by atoms with Crippen LogP contribution in [0.3, 0.4) is 0 Å². The molecule has 0 radical (unpaired) electrons. The molecule has 3 N–H and O–H groups in total. The molecule has 0 bridgehead atoms. The molecular formula is C11H8N4O4. The van der Waals surface area contributed by atoms with Crippen LogP contribution in [-0.2, 0) is 0 Å². The normalized spacial score (nSPS) is 9.89. The molecule has 0 saturated carbocycles. The van der Waals surface area contributed by atoms with Gasteiger partial charge in [-0.05, 0) is 18.2 Å². The number of rotatable bonds is 3. The minimum Gasteiger partial charge on any atom is -0.478 e. The molecule has 96 valence electrons. The van der Waals surface area contributed by atoms with Crippen molar-refractivity contribution in [2.24, 2.45) is 0 Å². The highest BCUT2D eigenvalue weighted by molar-refractivity contribution is 6.05. The highest BCUT2D eigenvalue weighted by Gasteiger charge is 2.15. The van der Waals surface area contributed by atoms with Gasteiger partial charge in [0.25, 0.3) is 11.5 Å². The predicted octanol–water partition coefficient (Wildman–Crippen LogP) is 0.115. The fraction of sp³-hybridized carbons (Fsp3) is 0. The maximum absolute atomic E-state index is 11.8. The number of carbonyl (C=O) groups excluding carboxylic acids is 1. The van der Waals surface area contributed by atoms with Crippen molar-refractivity contribution in [2.75, 3.05) is 5.32 Å². The summed E-state index contributed by atoms with van der Waals surface area (Å²) in [7, 11) is 0. The van der Waals surface area contributed by atoms with Crippen molar-refractivity contribution in [3.63, 3.8) is 0 Å². The second kappa shape index (κ2) is 5.08. The van der Waals surface area contributed by atoms with E-state index in [2.05, 4.69) is 20.5 Å². The molecule has 0 fully saturated rings. The molecule has 8 heteroatoms. The first kappa shape index (κ1) is 12.4. The molecule has 0 aliphatic heterocycles. The first-order valence-electron chi connectivity index (χ1n) is 5.13. The van der Waals surface area contributed by atoms with Crippen LogP contribution in [0.2, 0.25) is 0 Å². The van der Waals surface area contributed by atoms with E-state index < -0.39 is 17.4 Å². The van der Waals surface area contributed by atoms with Gasteiger partial charge < -0.3 is 10.4 Å². The molecule has 2 rings (SSSR count). The van der Waals surface area contributed by atoms with Gasteiger partial charge in [0.1, 0.15) is 17.1 Å². The summed E-state index contributed by atoms with van der Waals surface area (Å²) in [6.07, 6.45) is 1.35. The Kier molecular flexibility index (Phi) is 3.33. The number of nitrogens with zero attached hydrogens (tertiary/aromatic N) is 2. The molecule has 2 aromatic heterocycles. The van der Waals surface area contributed by atoms with Gasteiger partial charge in [-0.2, -0.15) is 5.10 Å². The number of hydrogen-bond donors (Lipinski definition) is 3. The number of nitrogens with one attached hydrogen (secondary N) is 2. The van der Waals surface area contributed by atoms with Crippen LogP contribution in [0.25, 0.3) is 0 Å². The van der Waals surface area contributed by atoms with Crippen molar-refractivity contribution in [3.8, 4) is 0 Å². The molecule has 0 spiro atoms. The van der Waals surface area contributed by atoms with E-state index in [1.165, 1.54) is 24.4 Å². The molecule has 0 aliphatic rings. The molecule has 0 aliphatic carbocycles. The SMILES string of the molecule is O=C(Nc1ncccc1C(=O)O)c1ccc(=O)[nH]n1. The maximum Gasteiger partial charge on any atom is 0.339 e. The average Bonchev–Trinajstić information content (AvgIpc) is 2.39. The summed E-state index contributed by atoms with van der Waals surface area (Å²) in [6, 6.07) is 5.11. The van der Waals surface area contributed by atoms with Crippen LogP contribution in [0.15, 0.2) is 35.3 Å². The lowest BCUT2D eigenvalue weighted by molar-refractivity contribution is 0.0697. The summed E-state index contributed by atoms with van der Waals surface area (Å²) < 4.78 is 0. The summed E-state index contributed by atoms with van der Waals surface area (Å²) in [5.41, 5.74) is -0.637. The predicted molar refractivity (Wildman–Crippen MR) is 64.0 cm³/mol. The summed E-state index contributed by atoms with van der Waals surface area (Å²) in [4.78, 5) is 37.3. The molecular weight excluding hydrogens is 252 g/mol. The van der Waals surface area contributed by atoms with Crippen LogP contribution < -0.4 is 10.9 Å². The Morgan fingerprint density at radius 2 is 2.05 bits per heavy atom. The summed E-state index contributed by atoms with van der Waals surface area (Å²) in [5.74, 6) is -1.97. The number of hydrogen-bond acceptors (Lipinski definition) is 5. The third kappa shape index (κ3) is 2.80. The number of aromatic carboxylic acids is 1. The Bertz CT molecular complexity index is 675. The quantitative estimate of drug-likeness (QED) is 0.719. The fourth-order valence-corrected chi connectivity index (χ4v) is 1.32. The molecule has 2 heterocycles. The first-order valence-corrected chi connectivity index (χ1v) is 5.13. The third-order valence-electron chi connectivity index (χ3n) is 2.18. The van der Waals surface area contributed by atoms with Crippen LogP contribution in [-0.4, -0.2) is 32.2 Å². The summed E-state index contributed by atoms with van der Waals surface area (Å²) in [5, 5.41) is 16.9. The Morgan fingerprint density at radius 3 is 2.68 bits per heavy atom. The van der Waals surface area contributed by atoms with Gasteiger partial charge >= 0.3 is 5.97 Å². The van der Waals surface area contributed by atoms with E-state index in [0.717, 1.165) is 6.07 Å². The zero-order valence-corrected chi connectivity index (χ0v) is 9.45. The van der Waals surface area contributed by atoms with E-state index in [1.54, 1.807) is 0 Å². The van der Waals surface area contributed by atoms with E-state index in [1.807, 2.05) is 0 Å². The van der Waals surface area contributed by atoms with Gasteiger partial charge in [-0.3, -0.25) is 9.59 Å². The second-order valence-corrected chi connectivity index (χ2v) is 3.47. The third-order valence-corrected chi connectivity index (χ3v) is 2.18. The molecule has 0 aromatic carbocycles. The molecule has 8 nitrogen and oxygen atoms in total. The summed E-state index contributed by atoms with van der Waals surface area (Å²) in [6.45, 7) is 0. The number of H-pyrrole nitrogens is 1. The van der Waals surface area contributed by atoms with Crippen LogP contribution in [0.4, 0.5) is 5.82 Å². The minimum absolute atomic E-state index is 0.0541. The number of aromatic amines is 1. The maximum atomic E-state index is 11.8. The van der Waals surface area contributed by atoms with Crippen LogP contribution >= 0.6 is 0 Å². The van der Waals surface area contributed by atoms with Crippen LogP contribution in [0.1, 0.15) is 20.8 Å². The lowest BCUT2D eigenvalue weighted by Crippen LogP contribution is -2.19. The van der Waals surface area contributed by atoms with E-state index >= 15 is 0 Å². The van der Waals surface area contributed by atoms with E-state index in [0.29, 0.717) is 0 Å². The van der Waals surface area contributed by atoms with Crippen LogP contribution in [0.5, 0.6) is 0 Å². The molecule has 19 heavy (non-hydrogen) atoms. The lowest BCUT2D eigenvalue weighted by Gasteiger charge is -2.05. The molecule has 0 atom stereocenters. The number of carboxylic acids is 1. The number of aromatic nitrogens is 3. The molecule has 0 saturated heterocycles. The number of carboxylic acid groups (broad SMARTS) is 1. The highest BCUT2D eigenvalue weighted by atomic mass is 16.4. The lowest BCUT2D eigenvalue weighted by atomic mass is 10.2. The average molecular weight is 260 g/mol. The van der Waals surface area contributed by atoms with Crippen molar-refractivity contribution >= 4 is 17.7 Å². The summed E-state index contributed by atoms with van der Waals surface area (Å²) >= 11 is 0. The number of amides is 1. The Morgan fingerprint density at radius 1 is 1.26 bits per heavy atom. The van der Waals surface area contributed by atoms with Gasteiger partial charge in [0, 0.05) is 12.3 Å². The topological polar surface area (TPSA) is 125 Å². The van der Waals surface area contributed by atoms with E-state index in [-0.39, 0.29) is 17.1 Å². The van der Waals surface area contributed by atoms with Gasteiger partial charge in [-0.25, -0.2) is 14.9 Å². The number of anilines is 1. The Hall–Kier alpha value is -3.03. The number of carbonyl (C=O) groups is 2. The highest BCUT2D eigenvalue weighted by Crippen LogP contribution is 2.11. The Balaban J connectivity index is 2.26. The van der Waals surface area contributed by atoms with Gasteiger partial charge in [-0.15, -0.1) is 0 Å². The van der Waals surface area contributed by atoms with Gasteiger partial charge in [0.2, 0.25) is 0 Å². The van der Waals surface area contributed by atoms with E-state index in [4.69, 9.17) is 5.11 Å². The minimum atomic E-state index is -1.21. The molecule has 2 aromatic rings. The largest absolute Gasteiger partial charge is 0.478 e. The fourth-order valence-electron chi connectivity index (χ4n) is 1.32. The van der Waals surface area contributed by atoms with Crippen molar-refractivity contribution in [3.05, 3.63) is 52.1 Å². The zero-order valence-electron chi connectivity index (χ0n) is 9.45. The van der Waals surface area contributed by atoms with Crippen molar-refractivity contribution in [1.29, 1.82) is 0 Å². The van der Waals surface area contributed by atoms with Crippen LogP contribution in [0, 0.1) is 0 Å². The van der Waals surface area contributed by atoms with Gasteiger partial charge in [0.15, 0.2) is 0 Å². The van der Waals surface area contributed by atoms with E-state index in [9.17, 15) is 14.4 Å². The molecule has 1 amide bonds. The van der Waals surface area contributed by atoms with Crippen molar-refractivity contribution in [1.82, 2.24) is 15.2 Å². The number of pyridine rings is 1. The zero-order chi connectivity index (χ0) is 13.8. The van der Waals surface area contributed by atoms with Crippen molar-refractivity contribution < 1.29 is 14.7 Å². The van der Waals surface area contributed by atoms with Gasteiger partial charge in [-0.1, -0.05) is 0 Å². The smallest absolute Gasteiger partial charge is 0.339 e. The second-order valence-electron chi connectivity index (χ2n) is 3.47. The Labute approximate surface area is 106 Å². The monoisotopic (exact) mass is 260 g/mol. The standard InChI is InChI=1S/C11H8N4O4/c16-8-4-3-7(14-15-8)10(17)13-9-6(11(18)19)2-1-5-12-9/h1-5H,(H,15,16)(H,18,19)(H,12,13,17).